The molecule has 0 fully saturated rings. The Balaban J connectivity index is 1.98. The third kappa shape index (κ3) is 4.38. The number of imidazole rings is 1. The molecule has 0 bridgehead atoms. The molecule has 0 atom stereocenters. The highest BCUT2D eigenvalue weighted by atomic mass is 35.5. The van der Waals surface area contributed by atoms with Crippen LogP contribution in [0.2, 0.25) is 10.0 Å². The van der Waals surface area contributed by atoms with E-state index in [9.17, 15) is 8.42 Å². The predicted molar refractivity (Wildman–Crippen MR) is 107 cm³/mol. The number of benzene rings is 2. The largest absolute Gasteiger partial charge is 0.484 e. The molecule has 0 saturated carbocycles. The molecule has 0 aliphatic heterocycles. The van der Waals surface area contributed by atoms with Gasteiger partial charge in [0.05, 0.1) is 21.0 Å². The van der Waals surface area contributed by atoms with Crippen molar-refractivity contribution >= 4 is 44.3 Å². The van der Waals surface area contributed by atoms with Gasteiger partial charge in [-0.1, -0.05) is 42.6 Å². The van der Waals surface area contributed by atoms with E-state index in [2.05, 4.69) is 11.9 Å². The molecule has 0 unspecified atom stereocenters. The van der Waals surface area contributed by atoms with Gasteiger partial charge >= 0.3 is 0 Å². The minimum atomic E-state index is -3.79. The number of nitrogens with zero attached hydrogens (tertiary/aromatic N) is 2. The van der Waals surface area contributed by atoms with Crippen LogP contribution in [0.25, 0.3) is 11.0 Å². The first-order valence-corrected chi connectivity index (χ1v) is 10.7. The van der Waals surface area contributed by atoms with Crippen molar-refractivity contribution < 1.29 is 13.2 Å². The molecule has 3 aromatic rings. The van der Waals surface area contributed by atoms with Crippen molar-refractivity contribution in [3.8, 4) is 5.75 Å². The van der Waals surface area contributed by atoms with Gasteiger partial charge in [-0.3, -0.25) is 0 Å². The zero-order valence-corrected chi connectivity index (χ0v) is 17.0. The fraction of sp³-hybridized carbons (Fsp3) is 0.278. The number of hydrogen-bond donors (Lipinski definition) is 1. The summed E-state index contributed by atoms with van der Waals surface area (Å²) in [7, 11) is -3.79. The maximum atomic E-state index is 11.6. The molecule has 3 rings (SSSR count). The summed E-state index contributed by atoms with van der Waals surface area (Å²) in [6.45, 7) is 3.01. The van der Waals surface area contributed by atoms with Gasteiger partial charge in [0.1, 0.15) is 23.2 Å². The van der Waals surface area contributed by atoms with E-state index in [4.69, 9.17) is 33.1 Å². The summed E-state index contributed by atoms with van der Waals surface area (Å²) < 4.78 is 31.1. The summed E-state index contributed by atoms with van der Waals surface area (Å²) in [5.41, 5.74) is 1.38. The Labute approximate surface area is 167 Å². The lowest BCUT2D eigenvalue weighted by Gasteiger charge is -2.11. The van der Waals surface area contributed by atoms with E-state index in [1.165, 1.54) is 12.1 Å². The van der Waals surface area contributed by atoms with E-state index in [0.29, 0.717) is 27.1 Å². The van der Waals surface area contributed by atoms with Crippen LogP contribution in [0, 0.1) is 0 Å². The van der Waals surface area contributed by atoms with Gasteiger partial charge in [0, 0.05) is 6.54 Å². The van der Waals surface area contributed by atoms with Gasteiger partial charge in [0.25, 0.3) is 0 Å². The van der Waals surface area contributed by atoms with Gasteiger partial charge in [-0.25, -0.2) is 18.5 Å². The van der Waals surface area contributed by atoms with Gasteiger partial charge in [-0.2, -0.15) is 0 Å². The topological polar surface area (TPSA) is 87.2 Å². The van der Waals surface area contributed by atoms with Crippen molar-refractivity contribution in [1.82, 2.24) is 9.55 Å². The zero-order valence-electron chi connectivity index (χ0n) is 14.7. The fourth-order valence-electron chi connectivity index (χ4n) is 2.75. The highest BCUT2D eigenvalue weighted by Crippen LogP contribution is 2.32. The highest BCUT2D eigenvalue weighted by molar-refractivity contribution is 7.89. The molecule has 27 heavy (non-hydrogen) atoms. The van der Waals surface area contributed by atoms with Crippen LogP contribution in [0.5, 0.6) is 5.75 Å². The number of primary sulfonamides is 1. The summed E-state index contributed by atoms with van der Waals surface area (Å²) in [4.78, 5) is 4.58. The number of sulfonamides is 1. The van der Waals surface area contributed by atoms with Crippen molar-refractivity contribution in [2.45, 2.75) is 37.8 Å². The fourth-order valence-corrected chi connectivity index (χ4v) is 3.63. The first kappa shape index (κ1) is 19.9. The summed E-state index contributed by atoms with van der Waals surface area (Å²) in [5, 5.41) is 5.97. The van der Waals surface area contributed by atoms with E-state index in [0.717, 1.165) is 24.9 Å². The minimum absolute atomic E-state index is 0.0282. The Bertz CT molecular complexity index is 1080. The van der Waals surface area contributed by atoms with Gasteiger partial charge in [-0.05, 0) is 36.8 Å². The number of rotatable bonds is 7. The molecule has 144 valence electrons. The van der Waals surface area contributed by atoms with E-state index in [1.807, 2.05) is 4.57 Å². The summed E-state index contributed by atoms with van der Waals surface area (Å²) in [6, 6.07) is 9.84. The molecule has 0 saturated heterocycles. The Kier molecular flexibility index (Phi) is 5.95. The molecule has 9 heteroatoms. The molecule has 1 heterocycles. The lowest BCUT2D eigenvalue weighted by Crippen LogP contribution is -2.11. The number of halogens is 2. The molecule has 0 aliphatic rings. The summed E-state index contributed by atoms with van der Waals surface area (Å²) in [5.74, 6) is 1.13. The summed E-state index contributed by atoms with van der Waals surface area (Å²) in [6.07, 6.45) is 1.96. The quantitative estimate of drug-likeness (QED) is 0.606. The van der Waals surface area contributed by atoms with Crippen molar-refractivity contribution in [2.24, 2.45) is 5.14 Å². The van der Waals surface area contributed by atoms with Gasteiger partial charge in [0.15, 0.2) is 0 Å². The van der Waals surface area contributed by atoms with Crippen molar-refractivity contribution in [2.75, 3.05) is 0 Å². The Morgan fingerprint density at radius 1 is 1.22 bits per heavy atom. The standard InChI is InChI=1S/C18H19Cl2N3O3S/c1-2-3-9-23-15-8-7-12(27(21,24)25)10-14(15)22-17(23)11-26-16-6-4-5-13(19)18(16)20/h4-8,10H,2-3,9,11H2,1H3,(H2,21,24,25). The van der Waals surface area contributed by atoms with Gasteiger partial charge < -0.3 is 9.30 Å². The van der Waals surface area contributed by atoms with Crippen molar-refractivity contribution in [3.63, 3.8) is 0 Å². The van der Waals surface area contributed by atoms with Crippen LogP contribution < -0.4 is 9.88 Å². The van der Waals surface area contributed by atoms with Crippen molar-refractivity contribution in [1.29, 1.82) is 0 Å². The molecule has 0 aliphatic carbocycles. The van der Waals surface area contributed by atoms with Gasteiger partial charge in [-0.15, -0.1) is 0 Å². The molecule has 6 nitrogen and oxygen atoms in total. The lowest BCUT2D eigenvalue weighted by atomic mass is 10.3. The van der Waals surface area contributed by atoms with Crippen LogP contribution in [-0.2, 0) is 23.2 Å². The number of fused-ring (bicyclic) bond motifs is 1. The molecule has 0 amide bonds. The van der Waals surface area contributed by atoms with E-state index < -0.39 is 10.0 Å². The smallest absolute Gasteiger partial charge is 0.238 e. The monoisotopic (exact) mass is 427 g/mol. The lowest BCUT2D eigenvalue weighted by molar-refractivity contribution is 0.290. The van der Waals surface area contributed by atoms with Crippen LogP contribution in [0.3, 0.4) is 0 Å². The molecule has 0 spiro atoms. The first-order chi connectivity index (χ1) is 12.8. The second-order valence-electron chi connectivity index (χ2n) is 6.07. The van der Waals surface area contributed by atoms with E-state index in [1.54, 1.807) is 24.3 Å². The normalized spacial score (nSPS) is 11.9. The first-order valence-electron chi connectivity index (χ1n) is 8.40. The van der Waals surface area contributed by atoms with E-state index in [-0.39, 0.29) is 11.5 Å². The summed E-state index contributed by atoms with van der Waals surface area (Å²) >= 11 is 12.2. The maximum Gasteiger partial charge on any atom is 0.238 e. The number of ether oxygens (including phenoxy) is 1. The number of aryl methyl sites for hydroxylation is 1. The second kappa shape index (κ2) is 8.06. The zero-order chi connectivity index (χ0) is 19.6. The van der Waals surface area contributed by atoms with Crippen LogP contribution in [0.1, 0.15) is 25.6 Å². The third-order valence-electron chi connectivity index (χ3n) is 4.14. The minimum Gasteiger partial charge on any atom is -0.484 e. The highest BCUT2D eigenvalue weighted by Gasteiger charge is 2.16. The van der Waals surface area contributed by atoms with E-state index >= 15 is 0 Å². The average molecular weight is 428 g/mol. The number of unbranched alkanes of at least 4 members (excludes halogenated alkanes) is 1. The molecule has 2 N–H and O–H groups in total. The Morgan fingerprint density at radius 2 is 2.00 bits per heavy atom. The second-order valence-corrected chi connectivity index (χ2v) is 8.42. The molecular formula is C18H19Cl2N3O3S. The number of aromatic nitrogens is 2. The molecule has 1 aromatic heterocycles. The average Bonchev–Trinajstić information content (AvgIpc) is 2.97. The Hall–Kier alpha value is -1.80. The Morgan fingerprint density at radius 3 is 2.70 bits per heavy atom. The SMILES string of the molecule is CCCCn1c(COc2cccc(Cl)c2Cl)nc2cc(S(N)(=O)=O)ccc21. The van der Waals surface area contributed by atoms with Crippen molar-refractivity contribution in [3.05, 3.63) is 52.3 Å². The third-order valence-corrected chi connectivity index (χ3v) is 5.85. The predicted octanol–water partition coefficient (Wildman–Crippen LogP) is 4.37. The van der Waals surface area contributed by atoms with Crippen LogP contribution >= 0.6 is 23.2 Å². The molecule has 2 aromatic carbocycles. The van der Waals surface area contributed by atoms with Crippen LogP contribution in [0.15, 0.2) is 41.3 Å². The van der Waals surface area contributed by atoms with Crippen LogP contribution in [-0.4, -0.2) is 18.0 Å². The molecule has 0 radical (unpaired) electrons. The number of nitrogens with two attached hydrogens (primary N) is 1. The van der Waals surface area contributed by atoms with Gasteiger partial charge in [0.2, 0.25) is 10.0 Å². The number of hydrogen-bond acceptors (Lipinski definition) is 4. The maximum absolute atomic E-state index is 11.6. The van der Waals surface area contributed by atoms with Crippen LogP contribution in [0.4, 0.5) is 0 Å². The molecular weight excluding hydrogens is 409 g/mol.